The Morgan fingerprint density at radius 2 is 1.95 bits per heavy atom. The smallest absolute Gasteiger partial charge is 0.137 e. The van der Waals surface area contributed by atoms with Gasteiger partial charge in [-0.25, -0.2) is 0 Å². The molecule has 0 amide bonds. The van der Waals surface area contributed by atoms with Crippen LogP contribution in [0.1, 0.15) is 37.7 Å². The number of hydrogen-bond acceptors (Lipinski definition) is 2. The van der Waals surface area contributed by atoms with Crippen molar-refractivity contribution in [3.63, 3.8) is 0 Å². The number of ketones is 1. The van der Waals surface area contributed by atoms with Crippen LogP contribution in [0.3, 0.4) is 0 Å². The first-order valence-corrected chi connectivity index (χ1v) is 7.17. The molecule has 3 rings (SSSR count). The lowest BCUT2D eigenvalue weighted by Crippen LogP contribution is -2.08. The monoisotopic (exact) mass is 253 g/mol. The molecule has 0 bridgehead atoms. The topological polar surface area (TPSA) is 30.0 Å². The van der Waals surface area contributed by atoms with Gasteiger partial charge in [0.05, 0.1) is 5.52 Å². The van der Waals surface area contributed by atoms with Gasteiger partial charge in [0.25, 0.3) is 0 Å². The van der Waals surface area contributed by atoms with Crippen molar-refractivity contribution in [1.82, 2.24) is 4.98 Å². The van der Waals surface area contributed by atoms with E-state index < -0.39 is 0 Å². The minimum atomic E-state index is 0.378. The van der Waals surface area contributed by atoms with Gasteiger partial charge in [-0.1, -0.05) is 43.9 Å². The van der Waals surface area contributed by atoms with E-state index in [4.69, 9.17) is 0 Å². The van der Waals surface area contributed by atoms with Crippen molar-refractivity contribution in [3.05, 3.63) is 42.1 Å². The van der Waals surface area contributed by atoms with E-state index in [2.05, 4.69) is 11.1 Å². The summed E-state index contributed by atoms with van der Waals surface area (Å²) in [6.45, 7) is 0. The van der Waals surface area contributed by atoms with Crippen molar-refractivity contribution >= 4 is 16.7 Å². The molecule has 19 heavy (non-hydrogen) atoms. The van der Waals surface area contributed by atoms with E-state index in [1.807, 2.05) is 24.3 Å². The number of para-hydroxylation sites is 1. The SMILES string of the molecule is O=C(Cc1ccnc2ccccc12)CC1CCCC1. The van der Waals surface area contributed by atoms with Gasteiger partial charge < -0.3 is 0 Å². The van der Waals surface area contributed by atoms with Gasteiger partial charge in [-0.3, -0.25) is 9.78 Å². The van der Waals surface area contributed by atoms with Gasteiger partial charge in [-0.05, 0) is 23.6 Å². The van der Waals surface area contributed by atoms with Crippen molar-refractivity contribution in [2.24, 2.45) is 5.92 Å². The average Bonchev–Trinajstić information content (AvgIpc) is 2.92. The molecule has 0 atom stereocenters. The number of rotatable bonds is 4. The molecule has 1 saturated carbocycles. The molecule has 1 fully saturated rings. The minimum absolute atomic E-state index is 0.378. The number of hydrogen-bond donors (Lipinski definition) is 0. The number of fused-ring (bicyclic) bond motifs is 1. The maximum atomic E-state index is 12.2. The molecule has 0 aliphatic heterocycles. The van der Waals surface area contributed by atoms with Crippen LogP contribution in [0.4, 0.5) is 0 Å². The first-order valence-electron chi connectivity index (χ1n) is 7.17. The molecule has 1 aromatic heterocycles. The van der Waals surface area contributed by atoms with Crippen LogP contribution in [0.2, 0.25) is 0 Å². The second-order valence-electron chi connectivity index (χ2n) is 5.56. The predicted octanol–water partition coefficient (Wildman–Crippen LogP) is 3.93. The number of Topliss-reactive ketones (excluding diaryl/α,β-unsaturated/α-hetero) is 1. The summed E-state index contributed by atoms with van der Waals surface area (Å²) >= 11 is 0. The Balaban J connectivity index is 1.75. The molecule has 1 heterocycles. The molecule has 98 valence electrons. The van der Waals surface area contributed by atoms with Crippen molar-refractivity contribution in [1.29, 1.82) is 0 Å². The largest absolute Gasteiger partial charge is 0.299 e. The van der Waals surface area contributed by atoms with Crippen LogP contribution < -0.4 is 0 Å². The van der Waals surface area contributed by atoms with E-state index in [-0.39, 0.29) is 0 Å². The third kappa shape index (κ3) is 2.83. The molecule has 1 aromatic carbocycles. The predicted molar refractivity (Wildman–Crippen MR) is 77.0 cm³/mol. The van der Waals surface area contributed by atoms with Crippen LogP contribution in [0.5, 0.6) is 0 Å². The lowest BCUT2D eigenvalue weighted by Gasteiger charge is -2.09. The third-order valence-electron chi connectivity index (χ3n) is 4.12. The van der Waals surface area contributed by atoms with Gasteiger partial charge in [-0.15, -0.1) is 0 Å². The maximum Gasteiger partial charge on any atom is 0.137 e. The fourth-order valence-corrected chi connectivity index (χ4v) is 3.13. The summed E-state index contributed by atoms with van der Waals surface area (Å²) in [6.07, 6.45) is 8.20. The molecular weight excluding hydrogens is 234 g/mol. The summed E-state index contributed by atoms with van der Waals surface area (Å²) in [6, 6.07) is 10.0. The Labute approximate surface area is 113 Å². The van der Waals surface area contributed by atoms with Crippen LogP contribution in [-0.4, -0.2) is 10.8 Å². The summed E-state index contributed by atoms with van der Waals surface area (Å²) in [7, 11) is 0. The second-order valence-corrected chi connectivity index (χ2v) is 5.56. The second kappa shape index (κ2) is 5.52. The Morgan fingerprint density at radius 1 is 1.16 bits per heavy atom. The fourth-order valence-electron chi connectivity index (χ4n) is 3.13. The Bertz CT molecular complexity index is 579. The molecule has 2 heteroatoms. The van der Waals surface area contributed by atoms with Gasteiger partial charge in [0.2, 0.25) is 0 Å². The zero-order valence-electron chi connectivity index (χ0n) is 11.1. The van der Waals surface area contributed by atoms with E-state index in [0.29, 0.717) is 18.1 Å². The normalized spacial score (nSPS) is 16.0. The summed E-state index contributed by atoms with van der Waals surface area (Å²) in [4.78, 5) is 16.5. The Morgan fingerprint density at radius 3 is 2.79 bits per heavy atom. The number of carbonyl (C=O) groups is 1. The van der Waals surface area contributed by atoms with Gasteiger partial charge in [0, 0.05) is 24.4 Å². The van der Waals surface area contributed by atoms with Crippen molar-refractivity contribution in [2.75, 3.05) is 0 Å². The standard InChI is InChI=1S/C17H19NO/c19-15(11-13-5-1-2-6-13)12-14-9-10-18-17-8-4-3-7-16(14)17/h3-4,7-10,13H,1-2,5-6,11-12H2. The summed E-state index contributed by atoms with van der Waals surface area (Å²) in [5.41, 5.74) is 2.10. The highest BCUT2D eigenvalue weighted by atomic mass is 16.1. The average molecular weight is 253 g/mol. The molecule has 0 N–H and O–H groups in total. The van der Waals surface area contributed by atoms with Crippen molar-refractivity contribution in [2.45, 2.75) is 38.5 Å². The number of pyridine rings is 1. The highest BCUT2D eigenvalue weighted by molar-refractivity contribution is 5.88. The van der Waals surface area contributed by atoms with Gasteiger partial charge in [-0.2, -0.15) is 0 Å². The molecule has 0 unspecified atom stereocenters. The van der Waals surface area contributed by atoms with E-state index in [1.165, 1.54) is 25.7 Å². The van der Waals surface area contributed by atoms with Gasteiger partial charge in [0.1, 0.15) is 5.78 Å². The van der Waals surface area contributed by atoms with Gasteiger partial charge >= 0.3 is 0 Å². The molecule has 1 aliphatic carbocycles. The first kappa shape index (κ1) is 12.3. The van der Waals surface area contributed by atoms with Crippen LogP contribution in [0, 0.1) is 5.92 Å². The molecule has 0 spiro atoms. The quantitative estimate of drug-likeness (QED) is 0.826. The third-order valence-corrected chi connectivity index (χ3v) is 4.12. The summed E-state index contributed by atoms with van der Waals surface area (Å²) < 4.78 is 0. The Hall–Kier alpha value is -1.70. The zero-order valence-corrected chi connectivity index (χ0v) is 11.1. The summed E-state index contributed by atoms with van der Waals surface area (Å²) in [5.74, 6) is 1.02. The maximum absolute atomic E-state index is 12.2. The van der Waals surface area contributed by atoms with E-state index in [9.17, 15) is 4.79 Å². The lowest BCUT2D eigenvalue weighted by atomic mass is 9.96. The number of nitrogens with zero attached hydrogens (tertiary/aromatic N) is 1. The molecule has 2 aromatic rings. The number of benzene rings is 1. The first-order chi connectivity index (χ1) is 9.33. The van der Waals surface area contributed by atoms with Crippen LogP contribution in [0.25, 0.3) is 10.9 Å². The van der Waals surface area contributed by atoms with Crippen molar-refractivity contribution in [3.8, 4) is 0 Å². The zero-order chi connectivity index (χ0) is 13.1. The Kier molecular flexibility index (Phi) is 3.58. The number of carbonyl (C=O) groups excluding carboxylic acids is 1. The number of aromatic nitrogens is 1. The highest BCUT2D eigenvalue weighted by Crippen LogP contribution is 2.28. The van der Waals surface area contributed by atoms with Crippen molar-refractivity contribution < 1.29 is 4.79 Å². The lowest BCUT2D eigenvalue weighted by molar-refractivity contribution is -0.119. The molecular formula is C17H19NO. The molecule has 0 radical (unpaired) electrons. The highest BCUT2D eigenvalue weighted by Gasteiger charge is 2.18. The van der Waals surface area contributed by atoms with Gasteiger partial charge in [0.15, 0.2) is 0 Å². The fraction of sp³-hybridized carbons (Fsp3) is 0.412. The van der Waals surface area contributed by atoms with Crippen LogP contribution >= 0.6 is 0 Å². The van der Waals surface area contributed by atoms with E-state index in [0.717, 1.165) is 22.9 Å². The molecule has 1 aliphatic rings. The molecule has 2 nitrogen and oxygen atoms in total. The molecule has 0 saturated heterocycles. The van der Waals surface area contributed by atoms with Crippen LogP contribution in [0.15, 0.2) is 36.5 Å². The van der Waals surface area contributed by atoms with Crippen LogP contribution in [-0.2, 0) is 11.2 Å². The minimum Gasteiger partial charge on any atom is -0.299 e. The summed E-state index contributed by atoms with van der Waals surface area (Å²) in [5, 5.41) is 1.12. The van der Waals surface area contributed by atoms with E-state index >= 15 is 0 Å². The van der Waals surface area contributed by atoms with E-state index in [1.54, 1.807) is 6.20 Å².